The van der Waals surface area contributed by atoms with Crippen molar-refractivity contribution in [1.29, 1.82) is 0 Å². The second-order valence-corrected chi connectivity index (χ2v) is 4.00. The van der Waals surface area contributed by atoms with Crippen LogP contribution in [0.3, 0.4) is 0 Å². The fourth-order valence-electron chi connectivity index (χ4n) is 0.958. The topological polar surface area (TPSA) is 41.4 Å². The summed E-state index contributed by atoms with van der Waals surface area (Å²) >= 11 is 11.9. The summed E-state index contributed by atoms with van der Waals surface area (Å²) in [6.07, 6.45) is 3.81. The van der Waals surface area contributed by atoms with Crippen LogP contribution in [0.15, 0.2) is 17.6 Å². The van der Waals surface area contributed by atoms with Gasteiger partial charge in [0.15, 0.2) is 0 Å². The van der Waals surface area contributed by atoms with Gasteiger partial charge in [-0.05, 0) is 6.42 Å². The number of halogens is 2. The minimum Gasteiger partial charge on any atom is -0.369 e. The van der Waals surface area contributed by atoms with Crippen molar-refractivity contribution < 1.29 is 0 Å². The summed E-state index contributed by atoms with van der Waals surface area (Å²) < 4.78 is 0. The molecule has 0 spiro atoms. The van der Waals surface area contributed by atoms with Crippen molar-refractivity contribution in [2.75, 3.05) is 14.1 Å². The summed E-state index contributed by atoms with van der Waals surface area (Å²) in [5, 5.41) is 0.622. The second kappa shape index (κ2) is 5.82. The normalized spacial score (nSPS) is 10.8. The summed E-state index contributed by atoms with van der Waals surface area (Å²) in [5.41, 5.74) is 0.669. The van der Waals surface area contributed by atoms with Crippen LogP contribution in [-0.4, -0.2) is 35.3 Å². The molecule has 0 N–H and O–H groups in total. The Labute approximate surface area is 105 Å². The summed E-state index contributed by atoms with van der Waals surface area (Å²) in [4.78, 5) is 13.8. The highest BCUT2D eigenvalue weighted by Crippen LogP contribution is 2.24. The fraction of sp³-hybridized carbons (Fsp3) is 0.300. The van der Waals surface area contributed by atoms with E-state index in [0.717, 1.165) is 0 Å². The number of aromatic nitrogens is 2. The van der Waals surface area contributed by atoms with Gasteiger partial charge in [0.25, 0.3) is 5.95 Å². The Morgan fingerprint density at radius 1 is 1.31 bits per heavy atom. The van der Waals surface area contributed by atoms with Crippen molar-refractivity contribution >= 4 is 35.5 Å². The Morgan fingerprint density at radius 3 is 2.31 bits per heavy atom. The molecule has 0 saturated heterocycles. The molecule has 1 aromatic heterocycles. The van der Waals surface area contributed by atoms with Gasteiger partial charge in [0.05, 0.1) is 6.34 Å². The summed E-state index contributed by atoms with van der Waals surface area (Å²) in [6, 6.07) is 0. The van der Waals surface area contributed by atoms with Crippen LogP contribution in [0.2, 0.25) is 10.3 Å². The van der Waals surface area contributed by atoms with Gasteiger partial charge in [0, 0.05) is 19.7 Å². The van der Waals surface area contributed by atoms with E-state index in [-0.39, 0.29) is 5.95 Å². The van der Waals surface area contributed by atoms with Crippen LogP contribution in [0.1, 0.15) is 5.56 Å². The molecule has 0 fully saturated rings. The molecule has 0 aromatic carbocycles. The molecule has 1 aromatic rings. The molecule has 0 unspecified atom stereocenters. The Morgan fingerprint density at radius 2 is 1.88 bits per heavy atom. The summed E-state index contributed by atoms with van der Waals surface area (Å²) in [5.74, 6) is 0.247. The average molecular weight is 259 g/mol. The van der Waals surface area contributed by atoms with Crippen LogP contribution < -0.4 is 0 Å². The van der Waals surface area contributed by atoms with Crippen molar-refractivity contribution in [3.63, 3.8) is 0 Å². The molecule has 0 bridgehead atoms. The van der Waals surface area contributed by atoms with Crippen molar-refractivity contribution in [3.05, 3.63) is 28.5 Å². The van der Waals surface area contributed by atoms with E-state index in [1.54, 1.807) is 17.3 Å². The van der Waals surface area contributed by atoms with Gasteiger partial charge in [-0.1, -0.05) is 29.3 Å². The number of rotatable bonds is 4. The Balaban J connectivity index is 3.04. The number of aliphatic imine (C=N–C) groups is 1. The molecule has 0 radical (unpaired) electrons. The molecular formula is C10H12Cl2N4. The third kappa shape index (κ3) is 3.47. The highest BCUT2D eigenvalue weighted by atomic mass is 35.5. The lowest BCUT2D eigenvalue weighted by Crippen LogP contribution is -2.07. The lowest BCUT2D eigenvalue weighted by atomic mass is 10.2. The third-order valence-electron chi connectivity index (χ3n) is 1.65. The van der Waals surface area contributed by atoms with E-state index in [1.165, 1.54) is 0 Å². The van der Waals surface area contributed by atoms with Gasteiger partial charge in [0.1, 0.15) is 10.3 Å². The number of allylic oxidation sites excluding steroid dienone is 1. The molecule has 1 rings (SSSR count). The maximum atomic E-state index is 5.96. The van der Waals surface area contributed by atoms with Gasteiger partial charge >= 0.3 is 0 Å². The Bertz CT molecular complexity index is 392. The first-order chi connectivity index (χ1) is 7.54. The van der Waals surface area contributed by atoms with Crippen LogP contribution in [0.5, 0.6) is 0 Å². The third-order valence-corrected chi connectivity index (χ3v) is 2.27. The minimum atomic E-state index is 0.247. The lowest BCUT2D eigenvalue weighted by Gasteiger charge is -2.05. The van der Waals surface area contributed by atoms with Gasteiger partial charge in [0.2, 0.25) is 0 Å². The molecule has 0 atom stereocenters. The van der Waals surface area contributed by atoms with Gasteiger partial charge in [-0.15, -0.1) is 6.58 Å². The van der Waals surface area contributed by atoms with Crippen LogP contribution in [0.25, 0.3) is 0 Å². The maximum Gasteiger partial charge on any atom is 0.253 e. The molecule has 4 nitrogen and oxygen atoms in total. The molecule has 0 saturated carbocycles. The van der Waals surface area contributed by atoms with Gasteiger partial charge in [-0.25, -0.2) is 4.99 Å². The molecule has 86 valence electrons. The molecule has 0 amide bonds. The van der Waals surface area contributed by atoms with Gasteiger partial charge < -0.3 is 4.90 Å². The highest BCUT2D eigenvalue weighted by Gasteiger charge is 2.09. The van der Waals surface area contributed by atoms with Crippen LogP contribution >= 0.6 is 23.2 Å². The predicted octanol–water partition coefficient (Wildman–Crippen LogP) is 2.73. The standard InChI is InChI=1S/C10H12Cl2N4/c1-4-5-7-8(11)14-10(15-9(7)12)13-6-16(2)3/h4,6H,1,5H2,2-3H3/b13-6+. The minimum absolute atomic E-state index is 0.247. The monoisotopic (exact) mass is 258 g/mol. The van der Waals surface area contributed by atoms with E-state index in [2.05, 4.69) is 21.5 Å². The number of hydrogen-bond acceptors (Lipinski definition) is 3. The highest BCUT2D eigenvalue weighted by molar-refractivity contribution is 6.34. The Hall–Kier alpha value is -1.13. The fourth-order valence-corrected chi connectivity index (χ4v) is 1.49. The predicted molar refractivity (Wildman–Crippen MR) is 67.8 cm³/mol. The number of hydrogen-bond donors (Lipinski definition) is 0. The average Bonchev–Trinajstić information content (AvgIpc) is 2.20. The SMILES string of the molecule is C=CCc1c(Cl)nc(/N=C/N(C)C)nc1Cl. The molecule has 0 aliphatic heterocycles. The van der Waals surface area contributed by atoms with Crippen molar-refractivity contribution in [1.82, 2.24) is 14.9 Å². The zero-order valence-corrected chi connectivity index (χ0v) is 10.6. The summed E-state index contributed by atoms with van der Waals surface area (Å²) in [6.45, 7) is 3.61. The molecule has 6 heteroatoms. The second-order valence-electron chi connectivity index (χ2n) is 3.28. The molecule has 0 aliphatic carbocycles. The van der Waals surface area contributed by atoms with Crippen LogP contribution in [0.4, 0.5) is 5.95 Å². The van der Waals surface area contributed by atoms with Crippen molar-refractivity contribution in [2.24, 2.45) is 4.99 Å². The lowest BCUT2D eigenvalue weighted by molar-refractivity contribution is 0.642. The van der Waals surface area contributed by atoms with E-state index >= 15 is 0 Å². The van der Waals surface area contributed by atoms with Crippen LogP contribution in [0, 0.1) is 0 Å². The zero-order chi connectivity index (χ0) is 12.1. The quantitative estimate of drug-likeness (QED) is 0.361. The van der Waals surface area contributed by atoms with E-state index in [1.807, 2.05) is 14.1 Å². The van der Waals surface area contributed by atoms with Gasteiger partial charge in [-0.2, -0.15) is 9.97 Å². The van der Waals surface area contributed by atoms with E-state index in [4.69, 9.17) is 23.2 Å². The van der Waals surface area contributed by atoms with E-state index < -0.39 is 0 Å². The number of nitrogens with zero attached hydrogens (tertiary/aromatic N) is 4. The van der Waals surface area contributed by atoms with Gasteiger partial charge in [-0.3, -0.25) is 0 Å². The van der Waals surface area contributed by atoms with Crippen molar-refractivity contribution in [3.8, 4) is 0 Å². The first kappa shape index (κ1) is 12.9. The smallest absolute Gasteiger partial charge is 0.253 e. The van der Waals surface area contributed by atoms with E-state index in [0.29, 0.717) is 22.3 Å². The Kier molecular flexibility index (Phi) is 4.71. The molecule has 1 heterocycles. The maximum absolute atomic E-state index is 5.96. The molecule has 0 aliphatic rings. The molecular weight excluding hydrogens is 247 g/mol. The van der Waals surface area contributed by atoms with E-state index in [9.17, 15) is 0 Å². The van der Waals surface area contributed by atoms with Crippen molar-refractivity contribution in [2.45, 2.75) is 6.42 Å². The first-order valence-corrected chi connectivity index (χ1v) is 5.33. The largest absolute Gasteiger partial charge is 0.369 e. The zero-order valence-electron chi connectivity index (χ0n) is 9.11. The summed E-state index contributed by atoms with van der Waals surface area (Å²) in [7, 11) is 3.69. The first-order valence-electron chi connectivity index (χ1n) is 4.58. The molecule has 16 heavy (non-hydrogen) atoms. The van der Waals surface area contributed by atoms with Crippen LogP contribution in [-0.2, 0) is 6.42 Å².